The average molecular weight is 246 g/mol. The molecule has 4 nitrogen and oxygen atoms in total. The van der Waals surface area contributed by atoms with E-state index in [1.807, 2.05) is 13.2 Å². The van der Waals surface area contributed by atoms with E-state index in [1.165, 1.54) is 0 Å². The van der Waals surface area contributed by atoms with Crippen LogP contribution in [0.25, 0.3) is 0 Å². The van der Waals surface area contributed by atoms with Crippen LogP contribution < -0.4 is 11.1 Å². The predicted octanol–water partition coefficient (Wildman–Crippen LogP) is 0.608. The van der Waals surface area contributed by atoms with Gasteiger partial charge in [0.15, 0.2) is 0 Å². The second-order valence-corrected chi connectivity index (χ2v) is 5.25. The van der Waals surface area contributed by atoms with E-state index in [2.05, 4.69) is 5.32 Å². The van der Waals surface area contributed by atoms with Gasteiger partial charge in [0.25, 0.3) is 0 Å². The molecule has 3 N–H and O–H groups in total. The van der Waals surface area contributed by atoms with Crippen LogP contribution in [0.1, 0.15) is 19.8 Å². The average Bonchev–Trinajstić information content (AvgIpc) is 2.29. The van der Waals surface area contributed by atoms with Gasteiger partial charge in [-0.3, -0.25) is 4.79 Å². The topological polar surface area (TPSA) is 64.4 Å². The maximum Gasteiger partial charge on any atom is 0.237 e. The molecule has 1 aliphatic heterocycles. The number of hydrogen-bond donors (Lipinski definition) is 2. The summed E-state index contributed by atoms with van der Waals surface area (Å²) in [6, 6.07) is -0.193. The van der Waals surface area contributed by atoms with Crippen molar-refractivity contribution in [3.05, 3.63) is 0 Å². The van der Waals surface area contributed by atoms with Gasteiger partial charge < -0.3 is 15.8 Å². The van der Waals surface area contributed by atoms with Crippen molar-refractivity contribution >= 4 is 17.7 Å². The number of rotatable bonds is 5. The molecule has 0 spiro atoms. The number of nitrogens with two attached hydrogens (primary N) is 1. The Hall–Kier alpha value is -0.260. The quantitative estimate of drug-likeness (QED) is 0.746. The molecule has 94 valence electrons. The number of thioether (sulfide) groups is 1. The molecular formula is C11H22N2O2S. The first-order valence-corrected chi connectivity index (χ1v) is 7.17. The third-order valence-corrected chi connectivity index (χ3v) is 3.72. The smallest absolute Gasteiger partial charge is 0.237 e. The van der Waals surface area contributed by atoms with Crippen LogP contribution >= 0.6 is 11.8 Å². The van der Waals surface area contributed by atoms with Gasteiger partial charge >= 0.3 is 0 Å². The highest BCUT2D eigenvalue weighted by atomic mass is 32.2. The lowest BCUT2D eigenvalue weighted by Gasteiger charge is -2.27. The largest absolute Gasteiger partial charge is 0.381 e. The molecule has 1 heterocycles. The van der Waals surface area contributed by atoms with Crippen molar-refractivity contribution in [2.24, 2.45) is 11.7 Å². The zero-order valence-electron chi connectivity index (χ0n) is 10.1. The van der Waals surface area contributed by atoms with Crippen LogP contribution in [0, 0.1) is 5.92 Å². The van der Waals surface area contributed by atoms with E-state index >= 15 is 0 Å². The van der Waals surface area contributed by atoms with Crippen LogP contribution in [0.15, 0.2) is 0 Å². The standard InChI is InChI=1S/C11H22N2O2S/c1-8(7-16-2)13-11(14)10(12)9-3-5-15-6-4-9/h8-10H,3-7,12H2,1-2H3,(H,13,14). The molecule has 0 radical (unpaired) electrons. The summed E-state index contributed by atoms with van der Waals surface area (Å²) >= 11 is 1.72. The first-order valence-electron chi connectivity index (χ1n) is 5.77. The highest BCUT2D eigenvalue weighted by molar-refractivity contribution is 7.98. The number of ether oxygens (including phenoxy) is 1. The molecule has 1 amide bonds. The van der Waals surface area contributed by atoms with Crippen LogP contribution in [0.2, 0.25) is 0 Å². The Bertz CT molecular complexity index is 220. The Morgan fingerprint density at radius 1 is 1.56 bits per heavy atom. The van der Waals surface area contributed by atoms with Crippen molar-refractivity contribution in [3.8, 4) is 0 Å². The summed E-state index contributed by atoms with van der Waals surface area (Å²) in [6.07, 6.45) is 3.82. The van der Waals surface area contributed by atoms with Gasteiger partial charge in [-0.15, -0.1) is 0 Å². The normalized spacial score (nSPS) is 21.4. The van der Waals surface area contributed by atoms with Gasteiger partial charge in [-0.1, -0.05) is 0 Å². The minimum absolute atomic E-state index is 0.0200. The third kappa shape index (κ3) is 4.31. The summed E-state index contributed by atoms with van der Waals surface area (Å²) in [4.78, 5) is 11.8. The summed E-state index contributed by atoms with van der Waals surface area (Å²) in [5.74, 6) is 1.18. The fraction of sp³-hybridized carbons (Fsp3) is 0.909. The number of amides is 1. The van der Waals surface area contributed by atoms with Crippen molar-refractivity contribution in [2.75, 3.05) is 25.2 Å². The molecule has 2 atom stereocenters. The molecule has 0 aromatic rings. The molecule has 1 fully saturated rings. The van der Waals surface area contributed by atoms with Gasteiger partial charge in [-0.25, -0.2) is 0 Å². The third-order valence-electron chi connectivity index (χ3n) is 2.88. The number of carbonyl (C=O) groups excluding carboxylic acids is 1. The Balaban J connectivity index is 2.34. The van der Waals surface area contributed by atoms with E-state index in [0.29, 0.717) is 0 Å². The van der Waals surface area contributed by atoms with Gasteiger partial charge in [0, 0.05) is 25.0 Å². The van der Waals surface area contributed by atoms with E-state index in [0.717, 1.165) is 31.8 Å². The molecule has 0 aromatic carbocycles. The van der Waals surface area contributed by atoms with E-state index in [1.54, 1.807) is 11.8 Å². The van der Waals surface area contributed by atoms with Gasteiger partial charge in [0.2, 0.25) is 5.91 Å². The van der Waals surface area contributed by atoms with E-state index < -0.39 is 0 Å². The lowest BCUT2D eigenvalue weighted by atomic mass is 9.92. The molecule has 0 bridgehead atoms. The molecule has 1 aliphatic rings. The van der Waals surface area contributed by atoms with Crippen LogP contribution in [0.3, 0.4) is 0 Å². The monoisotopic (exact) mass is 246 g/mol. The van der Waals surface area contributed by atoms with Crippen LogP contribution in [-0.2, 0) is 9.53 Å². The van der Waals surface area contributed by atoms with Gasteiger partial charge in [-0.05, 0) is 31.9 Å². The summed E-state index contributed by atoms with van der Waals surface area (Å²) in [7, 11) is 0. The summed E-state index contributed by atoms with van der Waals surface area (Å²) in [5, 5.41) is 2.95. The number of carbonyl (C=O) groups is 1. The first-order chi connectivity index (χ1) is 7.65. The SMILES string of the molecule is CSCC(C)NC(=O)C(N)C1CCOCC1. The lowest BCUT2D eigenvalue weighted by molar-refractivity contribution is -0.124. The van der Waals surface area contributed by atoms with E-state index in [9.17, 15) is 4.79 Å². The van der Waals surface area contributed by atoms with Crippen molar-refractivity contribution in [3.63, 3.8) is 0 Å². The van der Waals surface area contributed by atoms with Gasteiger partial charge in [0.1, 0.15) is 0 Å². The zero-order chi connectivity index (χ0) is 12.0. The van der Waals surface area contributed by atoms with E-state index in [-0.39, 0.29) is 23.9 Å². The van der Waals surface area contributed by atoms with Crippen molar-refractivity contribution in [1.29, 1.82) is 0 Å². The molecule has 1 rings (SSSR count). The Morgan fingerprint density at radius 2 is 2.19 bits per heavy atom. The van der Waals surface area contributed by atoms with Crippen molar-refractivity contribution in [1.82, 2.24) is 5.32 Å². The molecule has 0 aromatic heterocycles. The lowest BCUT2D eigenvalue weighted by Crippen LogP contribution is -2.49. The number of nitrogens with one attached hydrogen (secondary N) is 1. The maximum absolute atomic E-state index is 11.8. The number of hydrogen-bond acceptors (Lipinski definition) is 4. The fourth-order valence-corrected chi connectivity index (χ4v) is 2.50. The maximum atomic E-state index is 11.8. The summed E-state index contributed by atoms with van der Waals surface area (Å²) in [6.45, 7) is 3.46. The molecule has 2 unspecified atom stereocenters. The second kappa shape index (κ2) is 7.14. The predicted molar refractivity (Wildman–Crippen MR) is 67.5 cm³/mol. The Morgan fingerprint density at radius 3 is 2.75 bits per heavy atom. The molecule has 1 saturated heterocycles. The van der Waals surface area contributed by atoms with Crippen molar-refractivity contribution in [2.45, 2.75) is 31.8 Å². The Labute approximate surface area is 102 Å². The molecule has 0 aliphatic carbocycles. The second-order valence-electron chi connectivity index (χ2n) is 4.34. The molecule has 16 heavy (non-hydrogen) atoms. The zero-order valence-corrected chi connectivity index (χ0v) is 10.9. The fourth-order valence-electron chi connectivity index (χ4n) is 1.92. The van der Waals surface area contributed by atoms with Gasteiger partial charge in [-0.2, -0.15) is 11.8 Å². The molecule has 5 heteroatoms. The highest BCUT2D eigenvalue weighted by Crippen LogP contribution is 2.17. The summed E-state index contributed by atoms with van der Waals surface area (Å²) < 4.78 is 5.26. The minimum Gasteiger partial charge on any atom is -0.381 e. The first kappa shape index (κ1) is 13.8. The van der Waals surface area contributed by atoms with E-state index in [4.69, 9.17) is 10.5 Å². The molecular weight excluding hydrogens is 224 g/mol. The van der Waals surface area contributed by atoms with Crippen molar-refractivity contribution < 1.29 is 9.53 Å². The Kier molecular flexibility index (Phi) is 6.16. The van der Waals surface area contributed by atoms with Crippen LogP contribution in [0.4, 0.5) is 0 Å². The highest BCUT2D eigenvalue weighted by Gasteiger charge is 2.26. The summed E-state index contributed by atoms with van der Waals surface area (Å²) in [5.41, 5.74) is 5.96. The van der Waals surface area contributed by atoms with Gasteiger partial charge in [0.05, 0.1) is 6.04 Å². The van der Waals surface area contributed by atoms with Crippen LogP contribution in [-0.4, -0.2) is 43.2 Å². The van der Waals surface area contributed by atoms with Crippen LogP contribution in [0.5, 0.6) is 0 Å². The minimum atomic E-state index is -0.381. The molecule has 0 saturated carbocycles.